The quantitative estimate of drug-likeness (QED) is 0.760. The van der Waals surface area contributed by atoms with Crippen LogP contribution in [0.25, 0.3) is 0 Å². The van der Waals surface area contributed by atoms with Crippen molar-refractivity contribution in [3.05, 3.63) is 17.0 Å². The van der Waals surface area contributed by atoms with Gasteiger partial charge in [-0.1, -0.05) is 19.1 Å². The van der Waals surface area contributed by atoms with Crippen LogP contribution in [0.1, 0.15) is 24.6 Å². The highest BCUT2D eigenvalue weighted by Crippen LogP contribution is 2.23. The number of thiocarbonyl (C=S) groups is 1. The molecule has 0 bridgehead atoms. The molecule has 3 N–H and O–H groups in total. The van der Waals surface area contributed by atoms with E-state index in [0.717, 1.165) is 37.2 Å². The van der Waals surface area contributed by atoms with Gasteiger partial charge in [0.25, 0.3) is 0 Å². The second-order valence-corrected chi connectivity index (χ2v) is 8.85. The van der Waals surface area contributed by atoms with Gasteiger partial charge in [-0.15, -0.1) is 11.3 Å². The van der Waals surface area contributed by atoms with Crippen LogP contribution in [-0.2, 0) is 16.4 Å². The third-order valence-corrected chi connectivity index (χ3v) is 6.91. The zero-order chi connectivity index (χ0) is 15.5. The van der Waals surface area contributed by atoms with E-state index < -0.39 is 10.0 Å². The van der Waals surface area contributed by atoms with Gasteiger partial charge in [-0.2, -0.15) is 0 Å². The van der Waals surface area contributed by atoms with Gasteiger partial charge < -0.3 is 5.73 Å². The Hall–Kier alpha value is -0.540. The summed E-state index contributed by atoms with van der Waals surface area (Å²) >= 11 is 6.24. The molecule has 21 heavy (non-hydrogen) atoms. The average molecular weight is 348 g/mol. The van der Waals surface area contributed by atoms with E-state index in [4.69, 9.17) is 18.0 Å². The number of likely N-dealkylation sites (tertiary alicyclic amines) is 1. The molecule has 1 aliphatic heterocycles. The largest absolute Gasteiger partial charge is 0.392 e. The molecule has 2 heterocycles. The molecular formula is C13H21N3O2S3. The molecule has 118 valence electrons. The van der Waals surface area contributed by atoms with Gasteiger partial charge in [0.05, 0.1) is 4.99 Å². The van der Waals surface area contributed by atoms with Gasteiger partial charge >= 0.3 is 0 Å². The highest BCUT2D eigenvalue weighted by atomic mass is 32.2. The molecule has 0 aliphatic carbocycles. The second-order valence-electron chi connectivity index (χ2n) is 5.21. The van der Waals surface area contributed by atoms with Gasteiger partial charge in [-0.3, -0.25) is 4.90 Å². The van der Waals surface area contributed by atoms with Crippen LogP contribution >= 0.6 is 23.6 Å². The summed E-state index contributed by atoms with van der Waals surface area (Å²) in [5, 5.41) is 0. The molecule has 0 atom stereocenters. The summed E-state index contributed by atoms with van der Waals surface area (Å²) in [5.74, 6) is 0. The van der Waals surface area contributed by atoms with Crippen molar-refractivity contribution in [3.63, 3.8) is 0 Å². The monoisotopic (exact) mass is 347 g/mol. The van der Waals surface area contributed by atoms with E-state index in [-0.39, 0.29) is 6.04 Å². The lowest BCUT2D eigenvalue weighted by molar-refractivity contribution is 0.233. The third kappa shape index (κ3) is 4.72. The van der Waals surface area contributed by atoms with Crippen molar-refractivity contribution in [2.45, 2.75) is 36.4 Å². The lowest BCUT2D eigenvalue weighted by Gasteiger charge is -2.31. The Balaban J connectivity index is 1.91. The smallest absolute Gasteiger partial charge is 0.250 e. The molecule has 2 rings (SSSR count). The van der Waals surface area contributed by atoms with Crippen LogP contribution in [0.3, 0.4) is 0 Å². The maximum atomic E-state index is 12.3. The Kier molecular flexibility index (Phi) is 5.73. The SMILES string of the molecule is CCc1ccc(S(=O)(=O)NC2CCN(CC(N)=S)CC2)s1. The Morgan fingerprint density at radius 2 is 2.14 bits per heavy atom. The Bertz CT molecular complexity index is 590. The van der Waals surface area contributed by atoms with Gasteiger partial charge in [0, 0.05) is 30.6 Å². The van der Waals surface area contributed by atoms with E-state index in [0.29, 0.717) is 15.7 Å². The fourth-order valence-electron chi connectivity index (χ4n) is 2.40. The summed E-state index contributed by atoms with van der Waals surface area (Å²) in [5.41, 5.74) is 5.53. The molecular weight excluding hydrogens is 326 g/mol. The summed E-state index contributed by atoms with van der Waals surface area (Å²) in [6.45, 7) is 4.26. The number of thiophene rings is 1. The number of aryl methyl sites for hydroxylation is 1. The van der Waals surface area contributed by atoms with E-state index in [1.54, 1.807) is 6.07 Å². The summed E-state index contributed by atoms with van der Waals surface area (Å²) in [6.07, 6.45) is 2.43. The fourth-order valence-corrected chi connectivity index (χ4v) is 5.20. The Morgan fingerprint density at radius 3 is 2.67 bits per heavy atom. The van der Waals surface area contributed by atoms with Crippen molar-refractivity contribution in [1.82, 2.24) is 9.62 Å². The minimum atomic E-state index is -3.39. The summed E-state index contributed by atoms with van der Waals surface area (Å²) in [7, 11) is -3.39. The Morgan fingerprint density at radius 1 is 1.48 bits per heavy atom. The van der Waals surface area contributed by atoms with E-state index in [2.05, 4.69) is 9.62 Å². The van der Waals surface area contributed by atoms with Crippen molar-refractivity contribution in [1.29, 1.82) is 0 Å². The van der Waals surface area contributed by atoms with Gasteiger partial charge in [-0.05, 0) is 31.4 Å². The first-order valence-corrected chi connectivity index (χ1v) is 9.73. The molecule has 1 aromatic heterocycles. The molecule has 1 aromatic rings. The zero-order valence-corrected chi connectivity index (χ0v) is 14.5. The molecule has 1 aliphatic rings. The Labute approximate surface area is 135 Å². The highest BCUT2D eigenvalue weighted by Gasteiger charge is 2.25. The van der Waals surface area contributed by atoms with E-state index in [1.165, 1.54) is 11.3 Å². The molecule has 5 nitrogen and oxygen atoms in total. The van der Waals surface area contributed by atoms with Crippen molar-refractivity contribution < 1.29 is 8.42 Å². The van der Waals surface area contributed by atoms with Crippen molar-refractivity contribution in [3.8, 4) is 0 Å². The first-order valence-electron chi connectivity index (χ1n) is 7.02. The van der Waals surface area contributed by atoms with Crippen molar-refractivity contribution in [2.24, 2.45) is 5.73 Å². The minimum absolute atomic E-state index is 0.00947. The second kappa shape index (κ2) is 7.15. The summed E-state index contributed by atoms with van der Waals surface area (Å²) in [6, 6.07) is 3.56. The number of hydrogen-bond acceptors (Lipinski definition) is 5. The lowest BCUT2D eigenvalue weighted by Crippen LogP contribution is -2.46. The normalized spacial score (nSPS) is 18.0. The van der Waals surface area contributed by atoms with Gasteiger partial charge in [0.2, 0.25) is 10.0 Å². The van der Waals surface area contributed by atoms with Crippen molar-refractivity contribution in [2.75, 3.05) is 19.6 Å². The molecule has 8 heteroatoms. The maximum Gasteiger partial charge on any atom is 0.250 e. The number of nitrogens with zero attached hydrogens (tertiary/aromatic N) is 1. The molecule has 0 radical (unpaired) electrons. The molecule has 0 amide bonds. The van der Waals surface area contributed by atoms with E-state index in [9.17, 15) is 8.42 Å². The molecule has 0 saturated carbocycles. The number of piperidine rings is 1. The summed E-state index contributed by atoms with van der Waals surface area (Å²) < 4.78 is 27.9. The first kappa shape index (κ1) is 16.8. The minimum Gasteiger partial charge on any atom is -0.392 e. The summed E-state index contributed by atoms with van der Waals surface area (Å²) in [4.78, 5) is 3.73. The molecule has 0 aromatic carbocycles. The third-order valence-electron chi connectivity index (χ3n) is 3.54. The van der Waals surface area contributed by atoms with Gasteiger partial charge in [0.1, 0.15) is 4.21 Å². The van der Waals surface area contributed by atoms with Gasteiger partial charge in [-0.25, -0.2) is 13.1 Å². The molecule has 1 fully saturated rings. The van der Waals surface area contributed by atoms with E-state index >= 15 is 0 Å². The number of hydrogen-bond donors (Lipinski definition) is 2. The van der Waals surface area contributed by atoms with Crippen LogP contribution in [0.4, 0.5) is 0 Å². The predicted octanol–water partition coefficient (Wildman–Crippen LogP) is 1.34. The fraction of sp³-hybridized carbons (Fsp3) is 0.615. The van der Waals surface area contributed by atoms with Crippen LogP contribution in [0.2, 0.25) is 0 Å². The number of sulfonamides is 1. The maximum absolute atomic E-state index is 12.3. The number of nitrogens with two attached hydrogens (primary N) is 1. The van der Waals surface area contributed by atoms with Crippen molar-refractivity contribution >= 4 is 38.6 Å². The number of rotatable bonds is 6. The van der Waals surface area contributed by atoms with Crippen LogP contribution in [0.5, 0.6) is 0 Å². The molecule has 0 spiro atoms. The number of nitrogens with one attached hydrogen (secondary N) is 1. The standard InChI is InChI=1S/C13H21N3O2S3/c1-2-11-3-4-13(20-11)21(17,18)15-10-5-7-16(8-6-10)9-12(14)19/h3-4,10,15H,2,5-9H2,1H3,(H2,14,19). The van der Waals surface area contributed by atoms with E-state index in [1.807, 2.05) is 13.0 Å². The van der Waals surface area contributed by atoms with Crippen LogP contribution < -0.4 is 10.5 Å². The topological polar surface area (TPSA) is 75.4 Å². The zero-order valence-electron chi connectivity index (χ0n) is 12.0. The first-order chi connectivity index (χ1) is 9.90. The highest BCUT2D eigenvalue weighted by molar-refractivity contribution is 7.91. The lowest BCUT2D eigenvalue weighted by atomic mass is 10.1. The van der Waals surface area contributed by atoms with Gasteiger partial charge in [0.15, 0.2) is 0 Å². The van der Waals surface area contributed by atoms with Crippen LogP contribution in [0, 0.1) is 0 Å². The molecule has 0 unspecified atom stereocenters. The molecule has 1 saturated heterocycles. The average Bonchev–Trinajstić information content (AvgIpc) is 2.90. The van der Waals surface area contributed by atoms with Crippen LogP contribution in [0.15, 0.2) is 16.3 Å². The predicted molar refractivity (Wildman–Crippen MR) is 90.3 cm³/mol. The van der Waals surface area contributed by atoms with Crippen LogP contribution in [-0.4, -0.2) is 44.0 Å².